The maximum absolute atomic E-state index is 13.5. The molecule has 0 spiro atoms. The number of hydrogen-bond acceptors (Lipinski definition) is 3. The second-order valence-electron chi connectivity index (χ2n) is 5.64. The largest absolute Gasteiger partial charge is 0.352 e. The highest BCUT2D eigenvalue weighted by Crippen LogP contribution is 2.39. The highest BCUT2D eigenvalue weighted by molar-refractivity contribution is 5.99. The molecule has 0 saturated heterocycles. The Balaban J connectivity index is 1.51. The lowest BCUT2D eigenvalue weighted by atomic mass is 10.2. The van der Waals surface area contributed by atoms with Crippen molar-refractivity contribution in [1.29, 1.82) is 0 Å². The fourth-order valence-corrected chi connectivity index (χ4v) is 2.41. The van der Waals surface area contributed by atoms with Crippen LogP contribution in [0.3, 0.4) is 0 Å². The van der Waals surface area contributed by atoms with Gasteiger partial charge in [-0.25, -0.2) is 8.78 Å². The lowest BCUT2D eigenvalue weighted by molar-refractivity contribution is -0.125. The number of aromatic nitrogens is 1. The van der Waals surface area contributed by atoms with Gasteiger partial charge in [-0.3, -0.25) is 14.6 Å². The van der Waals surface area contributed by atoms with Gasteiger partial charge in [0.1, 0.15) is 11.6 Å². The number of nitrogens with one attached hydrogen (secondary N) is 2. The van der Waals surface area contributed by atoms with Crippen molar-refractivity contribution in [1.82, 2.24) is 10.3 Å². The number of benzene rings is 1. The molecule has 1 heterocycles. The van der Waals surface area contributed by atoms with E-state index in [1.54, 1.807) is 18.5 Å². The normalized spacial score (nSPS) is 18.8. The molecular weight excluding hydrogens is 316 g/mol. The van der Waals surface area contributed by atoms with Crippen LogP contribution in [0.2, 0.25) is 0 Å². The molecule has 1 aromatic heterocycles. The van der Waals surface area contributed by atoms with Crippen LogP contribution in [-0.4, -0.2) is 16.8 Å². The molecular formula is C17H15F2N3O2. The Morgan fingerprint density at radius 3 is 2.67 bits per heavy atom. The van der Waals surface area contributed by atoms with Crippen LogP contribution in [0.5, 0.6) is 0 Å². The number of carbonyl (C=O) groups excluding carboxylic acids is 2. The first-order valence-corrected chi connectivity index (χ1v) is 7.47. The third-order valence-electron chi connectivity index (χ3n) is 3.84. The molecule has 3 rings (SSSR count). The number of hydrogen-bond donors (Lipinski definition) is 2. The van der Waals surface area contributed by atoms with Crippen molar-refractivity contribution in [2.24, 2.45) is 11.8 Å². The molecule has 2 unspecified atom stereocenters. The zero-order chi connectivity index (χ0) is 17.1. The summed E-state index contributed by atoms with van der Waals surface area (Å²) in [5, 5.41) is 5.13. The maximum atomic E-state index is 13.5. The van der Waals surface area contributed by atoms with Crippen molar-refractivity contribution in [2.75, 3.05) is 5.32 Å². The van der Waals surface area contributed by atoms with Crippen molar-refractivity contribution in [3.63, 3.8) is 0 Å². The van der Waals surface area contributed by atoms with Crippen molar-refractivity contribution < 1.29 is 18.4 Å². The summed E-state index contributed by atoms with van der Waals surface area (Å²) in [5.74, 6) is -3.15. The Morgan fingerprint density at radius 1 is 1.17 bits per heavy atom. The van der Waals surface area contributed by atoms with Gasteiger partial charge in [-0.05, 0) is 30.2 Å². The zero-order valence-electron chi connectivity index (χ0n) is 12.6. The minimum Gasteiger partial charge on any atom is -0.352 e. The van der Waals surface area contributed by atoms with Crippen LogP contribution in [0, 0.1) is 23.5 Å². The third kappa shape index (κ3) is 3.73. The lowest BCUT2D eigenvalue weighted by Crippen LogP contribution is -2.27. The van der Waals surface area contributed by atoms with Crippen LogP contribution in [0.4, 0.5) is 14.5 Å². The molecule has 2 atom stereocenters. The van der Waals surface area contributed by atoms with Crippen LogP contribution >= 0.6 is 0 Å². The van der Waals surface area contributed by atoms with E-state index in [9.17, 15) is 18.4 Å². The van der Waals surface area contributed by atoms with Crippen LogP contribution in [0.25, 0.3) is 0 Å². The summed E-state index contributed by atoms with van der Waals surface area (Å²) in [6, 6.07) is 6.51. The summed E-state index contributed by atoms with van der Waals surface area (Å²) in [6.45, 7) is 0.337. The first-order valence-electron chi connectivity index (χ1n) is 7.47. The van der Waals surface area contributed by atoms with E-state index in [-0.39, 0.29) is 11.6 Å². The molecule has 0 aliphatic heterocycles. The molecule has 0 bridgehead atoms. The minimum atomic E-state index is -0.846. The summed E-state index contributed by atoms with van der Waals surface area (Å²) in [6.07, 6.45) is 3.70. The van der Waals surface area contributed by atoms with Gasteiger partial charge in [0.2, 0.25) is 11.8 Å². The van der Waals surface area contributed by atoms with Crippen molar-refractivity contribution in [3.8, 4) is 0 Å². The monoisotopic (exact) mass is 331 g/mol. The number of rotatable bonds is 5. The lowest BCUT2D eigenvalue weighted by Gasteiger charge is -2.07. The molecule has 1 aliphatic carbocycles. The number of amides is 2. The summed E-state index contributed by atoms with van der Waals surface area (Å²) in [7, 11) is 0. The number of pyridine rings is 1. The third-order valence-corrected chi connectivity index (χ3v) is 3.84. The van der Waals surface area contributed by atoms with Crippen LogP contribution < -0.4 is 10.6 Å². The number of nitrogens with zero attached hydrogens (tertiary/aromatic N) is 1. The van der Waals surface area contributed by atoms with Gasteiger partial charge in [0, 0.05) is 25.0 Å². The van der Waals surface area contributed by atoms with Gasteiger partial charge < -0.3 is 10.6 Å². The first kappa shape index (κ1) is 16.0. The molecule has 2 aromatic rings. The Hall–Kier alpha value is -2.83. The molecule has 2 N–H and O–H groups in total. The van der Waals surface area contributed by atoms with E-state index in [1.807, 2.05) is 6.07 Å². The van der Waals surface area contributed by atoms with Crippen LogP contribution in [-0.2, 0) is 16.1 Å². The standard InChI is InChI=1S/C17H15F2N3O2/c18-11-3-4-15(14(19)6-11)22-17(24)13-7-12(13)16(23)21-9-10-2-1-5-20-8-10/h1-6,8,12-13H,7,9H2,(H,21,23)(H,22,24). The zero-order valence-corrected chi connectivity index (χ0v) is 12.6. The molecule has 1 saturated carbocycles. The van der Waals surface area contributed by atoms with Gasteiger partial charge in [0.15, 0.2) is 0 Å². The quantitative estimate of drug-likeness (QED) is 0.883. The SMILES string of the molecule is O=C(NCc1cccnc1)C1CC1C(=O)Nc1ccc(F)cc1F. The fourth-order valence-electron chi connectivity index (χ4n) is 2.41. The summed E-state index contributed by atoms with van der Waals surface area (Å²) in [5.41, 5.74) is 0.767. The van der Waals surface area contributed by atoms with E-state index in [1.165, 1.54) is 0 Å². The second-order valence-corrected chi connectivity index (χ2v) is 5.64. The fraction of sp³-hybridized carbons (Fsp3) is 0.235. The van der Waals surface area contributed by atoms with E-state index >= 15 is 0 Å². The Morgan fingerprint density at radius 2 is 1.96 bits per heavy atom. The summed E-state index contributed by atoms with van der Waals surface area (Å²) >= 11 is 0. The average molecular weight is 331 g/mol. The molecule has 1 fully saturated rings. The highest BCUT2D eigenvalue weighted by Gasteiger charge is 2.48. The van der Waals surface area contributed by atoms with Gasteiger partial charge in [-0.1, -0.05) is 6.07 Å². The van der Waals surface area contributed by atoms with E-state index in [2.05, 4.69) is 15.6 Å². The van der Waals surface area contributed by atoms with E-state index in [0.717, 1.165) is 17.7 Å². The molecule has 1 aromatic carbocycles. The smallest absolute Gasteiger partial charge is 0.228 e. The molecule has 1 aliphatic rings. The Bertz CT molecular complexity index is 768. The van der Waals surface area contributed by atoms with E-state index in [0.29, 0.717) is 19.0 Å². The van der Waals surface area contributed by atoms with Crippen molar-refractivity contribution >= 4 is 17.5 Å². The Labute approximate surface area is 137 Å². The number of halogens is 2. The Kier molecular flexibility index (Phi) is 4.50. The van der Waals surface area contributed by atoms with E-state index in [4.69, 9.17) is 0 Å². The predicted octanol–water partition coefficient (Wildman–Crippen LogP) is 2.25. The maximum Gasteiger partial charge on any atom is 0.228 e. The average Bonchev–Trinajstić information content (AvgIpc) is 3.37. The molecule has 124 valence electrons. The molecule has 5 nitrogen and oxygen atoms in total. The van der Waals surface area contributed by atoms with Gasteiger partial charge >= 0.3 is 0 Å². The van der Waals surface area contributed by atoms with Gasteiger partial charge in [-0.15, -0.1) is 0 Å². The summed E-state index contributed by atoms with van der Waals surface area (Å²) < 4.78 is 26.4. The molecule has 24 heavy (non-hydrogen) atoms. The molecule has 7 heteroatoms. The number of anilines is 1. The summed E-state index contributed by atoms with van der Waals surface area (Å²) in [4.78, 5) is 28.0. The van der Waals surface area contributed by atoms with Gasteiger partial charge in [0.05, 0.1) is 17.5 Å². The topological polar surface area (TPSA) is 71.1 Å². The van der Waals surface area contributed by atoms with Crippen LogP contribution in [0.1, 0.15) is 12.0 Å². The number of carbonyl (C=O) groups is 2. The molecule has 2 amide bonds. The van der Waals surface area contributed by atoms with Crippen molar-refractivity contribution in [3.05, 3.63) is 59.9 Å². The minimum absolute atomic E-state index is 0.0946. The predicted molar refractivity (Wildman–Crippen MR) is 82.7 cm³/mol. The van der Waals surface area contributed by atoms with Gasteiger partial charge in [0.25, 0.3) is 0 Å². The molecule has 0 radical (unpaired) electrons. The highest BCUT2D eigenvalue weighted by atomic mass is 19.1. The van der Waals surface area contributed by atoms with Gasteiger partial charge in [-0.2, -0.15) is 0 Å². The first-order chi connectivity index (χ1) is 11.5. The van der Waals surface area contributed by atoms with Crippen LogP contribution in [0.15, 0.2) is 42.7 Å². The second kappa shape index (κ2) is 6.74. The van der Waals surface area contributed by atoms with Crippen molar-refractivity contribution in [2.45, 2.75) is 13.0 Å². The van der Waals surface area contributed by atoms with E-state index < -0.39 is 29.4 Å².